The van der Waals surface area contributed by atoms with Gasteiger partial charge >= 0.3 is 7.82 Å². The van der Waals surface area contributed by atoms with E-state index in [1.807, 2.05) is 27.2 Å². The van der Waals surface area contributed by atoms with E-state index in [0.29, 0.717) is 17.4 Å². The quantitative estimate of drug-likeness (QED) is 0.0244. The van der Waals surface area contributed by atoms with Crippen molar-refractivity contribution in [3.63, 3.8) is 0 Å². The number of rotatable bonds is 46. The monoisotopic (exact) mass is 844 g/mol. The molecule has 3 unspecified atom stereocenters. The summed E-state index contributed by atoms with van der Waals surface area (Å²) in [7, 11) is 1.58. The number of carbonyl (C=O) groups excluding carboxylic acids is 1. The van der Waals surface area contributed by atoms with Crippen LogP contribution < -0.4 is 5.32 Å². The minimum absolute atomic E-state index is 0.0643. The molecular formula is C49H100N2O6P+. The minimum atomic E-state index is -4.33. The van der Waals surface area contributed by atoms with Crippen LogP contribution in [0.2, 0.25) is 0 Å². The van der Waals surface area contributed by atoms with Gasteiger partial charge in [-0.2, -0.15) is 0 Å². The zero-order valence-corrected chi connectivity index (χ0v) is 40.2. The number of hydrogen-bond donors (Lipinski definition) is 3. The second kappa shape index (κ2) is 41.6. The summed E-state index contributed by atoms with van der Waals surface area (Å²) in [6.45, 7) is 4.80. The Hall–Kier alpha value is -0.760. The smallest absolute Gasteiger partial charge is 0.387 e. The molecule has 0 saturated carbocycles. The second-order valence-electron chi connectivity index (χ2n) is 18.6. The number of allylic oxidation sites excluding steroid dienone is 1. The molecule has 58 heavy (non-hydrogen) atoms. The second-order valence-corrected chi connectivity index (χ2v) is 20.0. The van der Waals surface area contributed by atoms with Gasteiger partial charge in [-0.1, -0.05) is 231 Å². The predicted molar refractivity (Wildman–Crippen MR) is 249 cm³/mol. The van der Waals surface area contributed by atoms with Crippen LogP contribution >= 0.6 is 7.82 Å². The van der Waals surface area contributed by atoms with Crippen molar-refractivity contribution in [2.24, 2.45) is 0 Å². The van der Waals surface area contributed by atoms with Gasteiger partial charge in [0.25, 0.3) is 0 Å². The minimum Gasteiger partial charge on any atom is -0.387 e. The summed E-state index contributed by atoms with van der Waals surface area (Å²) in [5.74, 6) is -0.179. The van der Waals surface area contributed by atoms with Gasteiger partial charge in [-0.15, -0.1) is 0 Å². The normalized spacial score (nSPS) is 14.3. The molecule has 0 rings (SSSR count). The first kappa shape index (κ1) is 57.2. The number of phosphoric ester groups is 1. The van der Waals surface area contributed by atoms with Crippen molar-refractivity contribution in [1.29, 1.82) is 0 Å². The molecule has 0 aromatic carbocycles. The first-order chi connectivity index (χ1) is 28.0. The Morgan fingerprint density at radius 3 is 1.28 bits per heavy atom. The molecule has 0 aromatic heterocycles. The van der Waals surface area contributed by atoms with Gasteiger partial charge in [0.1, 0.15) is 13.2 Å². The van der Waals surface area contributed by atoms with Gasteiger partial charge in [0.05, 0.1) is 39.9 Å². The Bertz CT molecular complexity index is 958. The molecule has 8 nitrogen and oxygen atoms in total. The highest BCUT2D eigenvalue weighted by molar-refractivity contribution is 7.47. The number of likely N-dealkylation sites (N-methyl/N-ethyl adjacent to an activating group) is 1. The summed E-state index contributed by atoms with van der Waals surface area (Å²) >= 11 is 0. The van der Waals surface area contributed by atoms with Crippen LogP contribution in [0.3, 0.4) is 0 Å². The first-order valence-electron chi connectivity index (χ1n) is 25.1. The summed E-state index contributed by atoms with van der Waals surface area (Å²) in [6, 6.07) is -0.839. The van der Waals surface area contributed by atoms with E-state index in [4.69, 9.17) is 9.05 Å². The third-order valence-electron chi connectivity index (χ3n) is 11.5. The van der Waals surface area contributed by atoms with Crippen LogP contribution in [-0.2, 0) is 18.4 Å². The Morgan fingerprint density at radius 1 is 0.569 bits per heavy atom. The van der Waals surface area contributed by atoms with Crippen LogP contribution in [0, 0.1) is 0 Å². The van der Waals surface area contributed by atoms with Crippen LogP contribution in [0.5, 0.6) is 0 Å². The molecule has 9 heteroatoms. The molecule has 0 saturated heterocycles. The van der Waals surface area contributed by atoms with Gasteiger partial charge < -0.3 is 19.8 Å². The van der Waals surface area contributed by atoms with Crippen molar-refractivity contribution in [3.8, 4) is 0 Å². The summed E-state index contributed by atoms with van der Waals surface area (Å²) in [5.41, 5.74) is 0. The lowest BCUT2D eigenvalue weighted by Crippen LogP contribution is -2.45. The number of nitrogens with zero attached hydrogens (tertiary/aromatic N) is 1. The maximum absolute atomic E-state index is 12.8. The van der Waals surface area contributed by atoms with Gasteiger partial charge in [-0.05, 0) is 19.3 Å². The maximum atomic E-state index is 12.8. The average molecular weight is 844 g/mol. The van der Waals surface area contributed by atoms with E-state index in [2.05, 4.69) is 19.2 Å². The molecule has 0 aromatic rings. The van der Waals surface area contributed by atoms with E-state index in [1.165, 1.54) is 193 Å². The summed E-state index contributed by atoms with van der Waals surface area (Å²) < 4.78 is 23.5. The summed E-state index contributed by atoms with van der Waals surface area (Å²) in [5, 5.41) is 13.8. The number of amides is 1. The molecule has 0 aliphatic rings. The van der Waals surface area contributed by atoms with E-state index in [9.17, 15) is 19.4 Å². The summed E-state index contributed by atoms with van der Waals surface area (Å²) in [4.78, 5) is 23.0. The number of hydrogen-bond acceptors (Lipinski definition) is 5. The van der Waals surface area contributed by atoms with Crippen molar-refractivity contribution in [1.82, 2.24) is 5.32 Å². The molecule has 0 radical (unpaired) electrons. The third kappa shape index (κ3) is 43.3. The van der Waals surface area contributed by atoms with Gasteiger partial charge in [0.2, 0.25) is 5.91 Å². The van der Waals surface area contributed by atoms with E-state index in [-0.39, 0.29) is 19.1 Å². The molecule has 1 amide bonds. The van der Waals surface area contributed by atoms with Gasteiger partial charge in [0.15, 0.2) is 0 Å². The van der Waals surface area contributed by atoms with Crippen molar-refractivity contribution >= 4 is 13.7 Å². The van der Waals surface area contributed by atoms with Crippen molar-refractivity contribution < 1.29 is 32.9 Å². The molecule has 0 aliphatic carbocycles. The molecule has 3 atom stereocenters. The first-order valence-corrected chi connectivity index (χ1v) is 26.6. The largest absolute Gasteiger partial charge is 0.472 e. The zero-order valence-electron chi connectivity index (χ0n) is 39.3. The standard InChI is InChI=1S/C49H99N2O6P/c1-6-8-10-12-14-16-17-18-19-20-21-22-23-24-25-26-27-28-29-30-31-32-33-34-35-36-38-40-42-48(52)47(46-57-58(54,55)56-45-44-51(3,4)5)50-49(53)43-41-39-37-15-13-11-9-7-2/h40,42,47-48,52H,6-39,41,43-46H2,1-5H3,(H-,50,53,54,55)/p+1/b42-40+. The third-order valence-corrected chi connectivity index (χ3v) is 12.5. The Kier molecular flexibility index (Phi) is 41.0. The zero-order chi connectivity index (χ0) is 42.8. The van der Waals surface area contributed by atoms with E-state index >= 15 is 0 Å². The van der Waals surface area contributed by atoms with Crippen molar-refractivity contribution in [2.45, 2.75) is 257 Å². The molecule has 0 spiro atoms. The number of aliphatic hydroxyl groups excluding tert-OH is 1. The molecule has 0 heterocycles. The highest BCUT2D eigenvalue weighted by atomic mass is 31.2. The Labute approximate surface area is 361 Å². The fourth-order valence-electron chi connectivity index (χ4n) is 7.51. The number of nitrogens with one attached hydrogen (secondary N) is 1. The van der Waals surface area contributed by atoms with Crippen LogP contribution in [0.15, 0.2) is 12.2 Å². The lowest BCUT2D eigenvalue weighted by atomic mass is 10.0. The van der Waals surface area contributed by atoms with Gasteiger partial charge in [-0.3, -0.25) is 13.8 Å². The lowest BCUT2D eigenvalue weighted by molar-refractivity contribution is -0.870. The molecule has 0 aliphatic heterocycles. The topological polar surface area (TPSA) is 105 Å². The van der Waals surface area contributed by atoms with Crippen LogP contribution in [0.1, 0.15) is 245 Å². The number of aliphatic hydroxyl groups is 1. The molecule has 0 bridgehead atoms. The number of carbonyl (C=O) groups is 1. The van der Waals surface area contributed by atoms with Crippen LogP contribution in [0.25, 0.3) is 0 Å². The molecule has 3 N–H and O–H groups in total. The van der Waals surface area contributed by atoms with E-state index in [0.717, 1.165) is 32.1 Å². The maximum Gasteiger partial charge on any atom is 0.472 e. The Balaban J connectivity index is 4.04. The summed E-state index contributed by atoms with van der Waals surface area (Å²) in [6.07, 6.45) is 48.9. The highest BCUT2D eigenvalue weighted by Crippen LogP contribution is 2.43. The fourth-order valence-corrected chi connectivity index (χ4v) is 8.25. The average Bonchev–Trinajstić information content (AvgIpc) is 3.17. The SMILES string of the molecule is CCCCCCCCCCCCCCCCCCCCCCCCCCCC/C=C/C(O)C(COP(=O)(O)OCC[N+](C)(C)C)NC(=O)CCCCCCCCCC. The van der Waals surface area contributed by atoms with Gasteiger partial charge in [-0.25, -0.2) is 4.57 Å². The lowest BCUT2D eigenvalue weighted by Gasteiger charge is -2.25. The molecular weight excluding hydrogens is 744 g/mol. The van der Waals surface area contributed by atoms with Crippen molar-refractivity contribution in [2.75, 3.05) is 40.9 Å². The Morgan fingerprint density at radius 2 is 0.914 bits per heavy atom. The number of unbranched alkanes of at least 4 members (excludes halogenated alkanes) is 33. The van der Waals surface area contributed by atoms with Crippen molar-refractivity contribution in [3.05, 3.63) is 12.2 Å². The van der Waals surface area contributed by atoms with E-state index in [1.54, 1.807) is 6.08 Å². The van der Waals surface area contributed by atoms with E-state index < -0.39 is 20.0 Å². The number of quaternary nitrogens is 1. The predicted octanol–water partition coefficient (Wildman–Crippen LogP) is 14.3. The number of phosphoric acid groups is 1. The molecule has 346 valence electrons. The molecule has 0 fully saturated rings. The highest BCUT2D eigenvalue weighted by Gasteiger charge is 2.27. The van der Waals surface area contributed by atoms with Crippen LogP contribution in [0.4, 0.5) is 0 Å². The fraction of sp³-hybridized carbons (Fsp3) is 0.939. The van der Waals surface area contributed by atoms with Gasteiger partial charge in [0, 0.05) is 6.42 Å². The van der Waals surface area contributed by atoms with Crippen LogP contribution in [-0.4, -0.2) is 73.4 Å².